The predicted octanol–water partition coefficient (Wildman–Crippen LogP) is 12.2. The summed E-state index contributed by atoms with van der Waals surface area (Å²) >= 11 is 1.80. The van der Waals surface area contributed by atoms with Crippen molar-refractivity contribution in [3.63, 3.8) is 0 Å². The van der Waals surface area contributed by atoms with E-state index in [1.165, 1.54) is 25.6 Å². The van der Waals surface area contributed by atoms with Gasteiger partial charge in [0.15, 0.2) is 17.5 Å². The molecular formula is C45H26N4OS. The van der Waals surface area contributed by atoms with Crippen molar-refractivity contribution in [1.29, 1.82) is 0 Å². The van der Waals surface area contributed by atoms with Gasteiger partial charge in [-0.3, -0.25) is 0 Å². The number of rotatable bonds is 4. The molecule has 0 saturated heterocycles. The van der Waals surface area contributed by atoms with Crippen LogP contribution in [0.4, 0.5) is 0 Å². The Balaban J connectivity index is 1.07. The number of furan rings is 1. The van der Waals surface area contributed by atoms with E-state index in [0.29, 0.717) is 17.5 Å². The quantitative estimate of drug-likeness (QED) is 0.187. The van der Waals surface area contributed by atoms with Crippen LogP contribution < -0.4 is 0 Å². The second kappa shape index (κ2) is 10.9. The van der Waals surface area contributed by atoms with E-state index in [-0.39, 0.29) is 0 Å². The van der Waals surface area contributed by atoms with Crippen molar-refractivity contribution in [2.75, 3.05) is 0 Å². The summed E-state index contributed by atoms with van der Waals surface area (Å²) in [6.07, 6.45) is 0. The molecule has 4 heterocycles. The molecule has 11 aromatic rings. The van der Waals surface area contributed by atoms with Crippen molar-refractivity contribution in [2.45, 2.75) is 0 Å². The van der Waals surface area contributed by atoms with Crippen LogP contribution in [0.25, 0.3) is 104 Å². The predicted molar refractivity (Wildman–Crippen MR) is 211 cm³/mol. The SMILES string of the molecule is c1ccc(-c2nc(-c3ccccc3)nc(-c3ccc4c(c3)sc3cc(-n5c6ccccc6c6c7oc8ccccc8c7ccc65)ccc34)n2)cc1. The molecule has 6 heteroatoms. The van der Waals surface area contributed by atoms with E-state index in [9.17, 15) is 0 Å². The van der Waals surface area contributed by atoms with E-state index in [0.717, 1.165) is 60.7 Å². The third-order valence-corrected chi connectivity index (χ3v) is 11.0. The van der Waals surface area contributed by atoms with Crippen LogP contribution in [-0.2, 0) is 0 Å². The van der Waals surface area contributed by atoms with Gasteiger partial charge in [-0.1, -0.05) is 115 Å². The van der Waals surface area contributed by atoms with E-state index in [4.69, 9.17) is 19.4 Å². The molecule has 0 aliphatic rings. The van der Waals surface area contributed by atoms with Gasteiger partial charge in [0, 0.05) is 58.7 Å². The van der Waals surface area contributed by atoms with Crippen LogP contribution in [0.3, 0.4) is 0 Å². The molecule has 5 nitrogen and oxygen atoms in total. The number of hydrogen-bond acceptors (Lipinski definition) is 5. The lowest BCUT2D eigenvalue weighted by atomic mass is 10.1. The van der Waals surface area contributed by atoms with Crippen molar-refractivity contribution in [1.82, 2.24) is 19.5 Å². The summed E-state index contributed by atoms with van der Waals surface area (Å²) in [6, 6.07) is 54.9. The topological polar surface area (TPSA) is 56.7 Å². The summed E-state index contributed by atoms with van der Waals surface area (Å²) in [5, 5.41) is 7.06. The molecule has 0 amide bonds. The fraction of sp³-hybridized carbons (Fsp3) is 0. The highest BCUT2D eigenvalue weighted by Gasteiger charge is 2.19. The molecule has 7 aromatic carbocycles. The maximum atomic E-state index is 6.52. The molecule has 0 bridgehead atoms. The van der Waals surface area contributed by atoms with Gasteiger partial charge in [0.2, 0.25) is 0 Å². The first kappa shape index (κ1) is 28.2. The lowest BCUT2D eigenvalue weighted by Gasteiger charge is -2.08. The second-order valence-electron chi connectivity index (χ2n) is 12.8. The average Bonchev–Trinajstić information content (AvgIpc) is 3.87. The molecule has 51 heavy (non-hydrogen) atoms. The minimum atomic E-state index is 0.657. The number of nitrogens with zero attached hydrogens (tertiary/aromatic N) is 4. The van der Waals surface area contributed by atoms with Gasteiger partial charge in [0.05, 0.1) is 16.4 Å². The third kappa shape index (κ3) is 4.37. The lowest BCUT2D eigenvalue weighted by molar-refractivity contribution is 0.673. The number of fused-ring (bicyclic) bond motifs is 10. The highest BCUT2D eigenvalue weighted by molar-refractivity contribution is 7.25. The summed E-state index contributed by atoms with van der Waals surface area (Å²) in [5.41, 5.74) is 8.12. The van der Waals surface area contributed by atoms with Crippen LogP contribution in [-0.4, -0.2) is 19.5 Å². The van der Waals surface area contributed by atoms with Crippen molar-refractivity contribution in [3.05, 3.63) is 158 Å². The van der Waals surface area contributed by atoms with Crippen LogP contribution in [0, 0.1) is 0 Å². The highest BCUT2D eigenvalue weighted by Crippen LogP contribution is 2.42. The van der Waals surface area contributed by atoms with E-state index in [1.807, 2.05) is 72.8 Å². The van der Waals surface area contributed by atoms with Crippen molar-refractivity contribution in [3.8, 4) is 39.9 Å². The summed E-state index contributed by atoms with van der Waals surface area (Å²) < 4.78 is 11.3. The number of aromatic nitrogens is 4. The fourth-order valence-corrected chi connectivity index (χ4v) is 8.67. The largest absolute Gasteiger partial charge is 0.455 e. The first-order valence-electron chi connectivity index (χ1n) is 16.9. The Morgan fingerprint density at radius 2 is 1.02 bits per heavy atom. The third-order valence-electron chi connectivity index (χ3n) is 9.85. The van der Waals surface area contributed by atoms with Crippen LogP contribution in [0.2, 0.25) is 0 Å². The zero-order chi connectivity index (χ0) is 33.5. The molecule has 4 aromatic heterocycles. The van der Waals surface area contributed by atoms with E-state index in [1.54, 1.807) is 11.3 Å². The van der Waals surface area contributed by atoms with Crippen LogP contribution in [0.1, 0.15) is 0 Å². The van der Waals surface area contributed by atoms with E-state index in [2.05, 4.69) is 89.5 Å². The number of thiophene rings is 1. The number of hydrogen-bond donors (Lipinski definition) is 0. The van der Waals surface area contributed by atoms with Crippen LogP contribution in [0.15, 0.2) is 162 Å². The summed E-state index contributed by atoms with van der Waals surface area (Å²) in [6.45, 7) is 0. The Labute approximate surface area is 295 Å². The fourth-order valence-electron chi connectivity index (χ4n) is 7.49. The highest BCUT2D eigenvalue weighted by atomic mass is 32.1. The van der Waals surface area contributed by atoms with E-state index < -0.39 is 0 Å². The molecule has 238 valence electrons. The molecule has 0 N–H and O–H groups in total. The maximum Gasteiger partial charge on any atom is 0.164 e. The number of para-hydroxylation sites is 2. The van der Waals surface area contributed by atoms with Crippen molar-refractivity contribution in [2.24, 2.45) is 0 Å². The molecule has 0 unspecified atom stereocenters. The molecule has 0 aliphatic heterocycles. The van der Waals surface area contributed by atoms with Gasteiger partial charge >= 0.3 is 0 Å². The average molecular weight is 671 g/mol. The second-order valence-corrected chi connectivity index (χ2v) is 13.9. The minimum absolute atomic E-state index is 0.657. The van der Waals surface area contributed by atoms with Gasteiger partial charge in [-0.2, -0.15) is 0 Å². The van der Waals surface area contributed by atoms with Gasteiger partial charge in [-0.25, -0.2) is 15.0 Å². The Hall–Kier alpha value is -6.63. The molecule has 0 fully saturated rings. The molecular weight excluding hydrogens is 645 g/mol. The van der Waals surface area contributed by atoms with Gasteiger partial charge in [-0.05, 0) is 42.5 Å². The number of benzene rings is 7. The lowest BCUT2D eigenvalue weighted by Crippen LogP contribution is -1.99. The Morgan fingerprint density at radius 1 is 0.431 bits per heavy atom. The van der Waals surface area contributed by atoms with Crippen LogP contribution in [0.5, 0.6) is 0 Å². The van der Waals surface area contributed by atoms with Crippen molar-refractivity contribution < 1.29 is 4.42 Å². The first-order valence-corrected chi connectivity index (χ1v) is 17.8. The minimum Gasteiger partial charge on any atom is -0.455 e. The molecule has 0 spiro atoms. The van der Waals surface area contributed by atoms with Crippen molar-refractivity contribution >= 4 is 75.3 Å². The molecule has 0 radical (unpaired) electrons. The Bertz CT molecular complexity index is 3080. The van der Waals surface area contributed by atoms with Crippen LogP contribution >= 0.6 is 11.3 Å². The smallest absolute Gasteiger partial charge is 0.164 e. The monoisotopic (exact) mass is 670 g/mol. The van der Waals surface area contributed by atoms with Gasteiger partial charge in [-0.15, -0.1) is 11.3 Å². The maximum absolute atomic E-state index is 6.52. The summed E-state index contributed by atoms with van der Waals surface area (Å²) in [4.78, 5) is 14.8. The van der Waals surface area contributed by atoms with Gasteiger partial charge < -0.3 is 8.98 Å². The zero-order valence-electron chi connectivity index (χ0n) is 27.1. The molecule has 0 aliphatic carbocycles. The first-order chi connectivity index (χ1) is 25.3. The molecule has 0 atom stereocenters. The Kier molecular flexibility index (Phi) is 6.05. The molecule has 11 rings (SSSR count). The van der Waals surface area contributed by atoms with E-state index >= 15 is 0 Å². The summed E-state index contributed by atoms with van der Waals surface area (Å²) in [7, 11) is 0. The summed E-state index contributed by atoms with van der Waals surface area (Å²) in [5.74, 6) is 1.98. The Morgan fingerprint density at radius 3 is 1.76 bits per heavy atom. The van der Waals surface area contributed by atoms with Gasteiger partial charge in [0.1, 0.15) is 11.2 Å². The molecule has 0 saturated carbocycles. The normalized spacial score (nSPS) is 11.9. The standard InChI is InChI=1S/C45H26N4OS/c1-3-11-27(12-4-1)43-46-44(28-13-5-2-6-14-28)48-45(47-43)29-19-21-32-33-22-20-30(26-40(33)51-39(32)25-29)49-36-17-9-7-16-35(36)41-37(49)24-23-34-31-15-8-10-18-38(31)50-42(34)41/h1-26H. The van der Waals surface area contributed by atoms with Gasteiger partial charge in [0.25, 0.3) is 0 Å². The zero-order valence-corrected chi connectivity index (χ0v) is 27.9.